The Kier molecular flexibility index (Phi) is 5.83. The molecule has 19 heavy (non-hydrogen) atoms. The zero-order valence-electron chi connectivity index (χ0n) is 11.7. The Balaban J connectivity index is 3.33. The first-order valence-electron chi connectivity index (χ1n) is 6.46. The van der Waals surface area contributed by atoms with Gasteiger partial charge in [-0.1, -0.05) is 30.4 Å². The summed E-state index contributed by atoms with van der Waals surface area (Å²) in [6.45, 7) is 7.09. The van der Waals surface area contributed by atoms with Crippen LogP contribution in [0.1, 0.15) is 20.8 Å². The van der Waals surface area contributed by atoms with Crippen LogP contribution in [0.4, 0.5) is 0 Å². The summed E-state index contributed by atoms with van der Waals surface area (Å²) in [5.41, 5.74) is 0. The predicted octanol–water partition coefficient (Wildman–Crippen LogP) is 3.22. The van der Waals surface area contributed by atoms with Crippen molar-refractivity contribution in [2.45, 2.75) is 25.7 Å². The van der Waals surface area contributed by atoms with E-state index in [1.807, 2.05) is 37.8 Å². The summed E-state index contributed by atoms with van der Waals surface area (Å²) >= 11 is 0. The molecule has 0 fully saturated rings. The highest BCUT2D eigenvalue weighted by Gasteiger charge is 2.23. The van der Waals surface area contributed by atoms with E-state index in [1.165, 1.54) is 0 Å². The van der Waals surface area contributed by atoms with E-state index >= 15 is 0 Å². The van der Waals surface area contributed by atoms with Crippen LogP contribution in [0.3, 0.4) is 0 Å². The molecule has 0 saturated heterocycles. The number of allylic oxidation sites excluding steroid dienone is 3. The minimum atomic E-state index is -3.46. The quantitative estimate of drug-likeness (QED) is 0.750. The minimum absolute atomic E-state index is 0.331. The largest absolute Gasteiger partial charge is 0.363 e. The minimum Gasteiger partial charge on any atom is -0.363 e. The van der Waals surface area contributed by atoms with E-state index in [0.29, 0.717) is 23.0 Å². The summed E-state index contributed by atoms with van der Waals surface area (Å²) in [5, 5.41) is 0.349. The molecule has 0 N–H and O–H groups in total. The lowest BCUT2D eigenvalue weighted by atomic mass is 10.4. The van der Waals surface area contributed by atoms with Gasteiger partial charge >= 0.3 is 0 Å². The third kappa shape index (κ3) is 3.70. The Labute approximate surface area is 116 Å². The summed E-state index contributed by atoms with van der Waals surface area (Å²) in [7, 11) is -3.46. The summed E-state index contributed by atoms with van der Waals surface area (Å²) in [5.74, 6) is 0. The van der Waals surface area contributed by atoms with Crippen LogP contribution >= 0.6 is 0 Å². The standard InChI is InChI=1S/C15H21NO2S/c1-4-7-13-15(16(5-2)6-3)19(17,18)14-11-9-8-10-12-14/h4,7-13H,5-6H2,1-3H3. The second-order valence-corrected chi connectivity index (χ2v) is 5.92. The molecule has 0 spiro atoms. The SMILES string of the molecule is CC=CC=C(N(CC)CC)S(=O)(=O)c1ccccc1. The van der Waals surface area contributed by atoms with Crippen LogP contribution < -0.4 is 0 Å². The third-order valence-corrected chi connectivity index (χ3v) is 4.67. The number of hydrogen-bond donors (Lipinski definition) is 0. The highest BCUT2D eigenvalue weighted by Crippen LogP contribution is 2.22. The molecule has 0 saturated carbocycles. The molecule has 0 atom stereocenters. The lowest BCUT2D eigenvalue weighted by Gasteiger charge is -2.24. The molecule has 0 aromatic heterocycles. The predicted molar refractivity (Wildman–Crippen MR) is 79.4 cm³/mol. The van der Waals surface area contributed by atoms with Crippen molar-refractivity contribution in [1.29, 1.82) is 0 Å². The van der Waals surface area contributed by atoms with Crippen LogP contribution in [0.5, 0.6) is 0 Å². The van der Waals surface area contributed by atoms with Gasteiger partial charge in [0.1, 0.15) is 5.03 Å². The normalized spacial score (nSPS) is 12.9. The van der Waals surface area contributed by atoms with Crippen LogP contribution in [-0.4, -0.2) is 26.4 Å². The second-order valence-electron chi connectivity index (χ2n) is 4.02. The summed E-state index contributed by atoms with van der Waals surface area (Å²) < 4.78 is 25.3. The molecule has 0 aliphatic rings. The molecule has 3 nitrogen and oxygen atoms in total. The number of nitrogens with zero attached hydrogens (tertiary/aromatic N) is 1. The summed E-state index contributed by atoms with van der Waals surface area (Å²) in [4.78, 5) is 2.18. The summed E-state index contributed by atoms with van der Waals surface area (Å²) in [6, 6.07) is 8.54. The fraction of sp³-hybridized carbons (Fsp3) is 0.333. The Bertz CT molecular complexity index is 541. The average molecular weight is 279 g/mol. The van der Waals surface area contributed by atoms with Gasteiger partial charge in [0.15, 0.2) is 0 Å². The van der Waals surface area contributed by atoms with Crippen molar-refractivity contribution in [2.24, 2.45) is 0 Å². The Morgan fingerprint density at radius 1 is 1.16 bits per heavy atom. The zero-order chi connectivity index (χ0) is 14.3. The van der Waals surface area contributed by atoms with Gasteiger partial charge in [-0.05, 0) is 39.0 Å². The first-order valence-corrected chi connectivity index (χ1v) is 7.94. The van der Waals surface area contributed by atoms with Crippen LogP contribution in [-0.2, 0) is 9.84 Å². The molecule has 0 heterocycles. The fourth-order valence-corrected chi connectivity index (χ4v) is 3.41. The molecule has 0 unspecified atom stereocenters. The molecule has 1 aromatic rings. The van der Waals surface area contributed by atoms with Gasteiger partial charge in [0.2, 0.25) is 9.84 Å². The molecule has 1 aromatic carbocycles. The van der Waals surface area contributed by atoms with E-state index in [9.17, 15) is 8.42 Å². The maximum Gasteiger partial charge on any atom is 0.221 e. The van der Waals surface area contributed by atoms with E-state index < -0.39 is 9.84 Å². The van der Waals surface area contributed by atoms with E-state index in [2.05, 4.69) is 0 Å². The number of hydrogen-bond acceptors (Lipinski definition) is 3. The van der Waals surface area contributed by atoms with E-state index in [4.69, 9.17) is 0 Å². The highest BCUT2D eigenvalue weighted by molar-refractivity contribution is 7.95. The maximum atomic E-state index is 12.7. The number of sulfone groups is 1. The van der Waals surface area contributed by atoms with Crippen LogP contribution in [0.2, 0.25) is 0 Å². The Hall–Kier alpha value is -1.55. The molecule has 1 rings (SSSR count). The number of benzene rings is 1. The average Bonchev–Trinajstić information content (AvgIpc) is 2.44. The zero-order valence-corrected chi connectivity index (χ0v) is 12.5. The van der Waals surface area contributed by atoms with Gasteiger partial charge in [0, 0.05) is 13.1 Å². The van der Waals surface area contributed by atoms with Crippen molar-refractivity contribution in [3.05, 3.63) is 53.6 Å². The topological polar surface area (TPSA) is 37.4 Å². The molecule has 0 aliphatic carbocycles. The first kappa shape index (κ1) is 15.5. The molecule has 0 radical (unpaired) electrons. The number of rotatable bonds is 6. The molecule has 104 valence electrons. The molecule has 0 amide bonds. The van der Waals surface area contributed by atoms with E-state index in [0.717, 1.165) is 0 Å². The monoisotopic (exact) mass is 279 g/mol. The fourth-order valence-electron chi connectivity index (χ4n) is 1.80. The highest BCUT2D eigenvalue weighted by atomic mass is 32.2. The van der Waals surface area contributed by atoms with Crippen LogP contribution in [0.15, 0.2) is 58.5 Å². The third-order valence-electron chi connectivity index (χ3n) is 2.84. The van der Waals surface area contributed by atoms with Crippen molar-refractivity contribution in [3.8, 4) is 0 Å². The van der Waals surface area contributed by atoms with Gasteiger partial charge < -0.3 is 4.90 Å². The van der Waals surface area contributed by atoms with Crippen molar-refractivity contribution in [3.63, 3.8) is 0 Å². The van der Waals surface area contributed by atoms with Crippen molar-refractivity contribution in [2.75, 3.05) is 13.1 Å². The smallest absolute Gasteiger partial charge is 0.221 e. The van der Waals surface area contributed by atoms with E-state index in [1.54, 1.807) is 36.4 Å². The molecule has 0 bridgehead atoms. The summed E-state index contributed by atoms with van der Waals surface area (Å²) in [6.07, 6.45) is 5.24. The van der Waals surface area contributed by atoms with Gasteiger partial charge in [-0.25, -0.2) is 8.42 Å². The second kappa shape index (κ2) is 7.14. The Morgan fingerprint density at radius 3 is 2.21 bits per heavy atom. The molecule has 4 heteroatoms. The lowest BCUT2D eigenvalue weighted by Crippen LogP contribution is -2.27. The molecule has 0 aliphatic heterocycles. The van der Waals surface area contributed by atoms with Crippen molar-refractivity contribution >= 4 is 9.84 Å². The maximum absolute atomic E-state index is 12.7. The van der Waals surface area contributed by atoms with E-state index in [-0.39, 0.29) is 0 Å². The Morgan fingerprint density at radius 2 is 1.74 bits per heavy atom. The van der Waals surface area contributed by atoms with Gasteiger partial charge in [-0.2, -0.15) is 0 Å². The molecular formula is C15H21NO2S. The van der Waals surface area contributed by atoms with Gasteiger partial charge in [0.05, 0.1) is 4.90 Å². The van der Waals surface area contributed by atoms with Crippen LogP contribution in [0.25, 0.3) is 0 Å². The molecular weight excluding hydrogens is 258 g/mol. The first-order chi connectivity index (χ1) is 9.07. The lowest BCUT2D eigenvalue weighted by molar-refractivity contribution is 0.400. The van der Waals surface area contributed by atoms with Gasteiger partial charge in [0.25, 0.3) is 0 Å². The van der Waals surface area contributed by atoms with Gasteiger partial charge in [-0.3, -0.25) is 0 Å². The van der Waals surface area contributed by atoms with Crippen molar-refractivity contribution < 1.29 is 8.42 Å². The van der Waals surface area contributed by atoms with Gasteiger partial charge in [-0.15, -0.1) is 0 Å². The van der Waals surface area contributed by atoms with Crippen LogP contribution in [0, 0.1) is 0 Å². The van der Waals surface area contributed by atoms with Crippen molar-refractivity contribution in [1.82, 2.24) is 4.90 Å².